The lowest BCUT2D eigenvalue weighted by Crippen LogP contribution is -2.52. The van der Waals surface area contributed by atoms with Crippen molar-refractivity contribution in [3.8, 4) is 0 Å². The van der Waals surface area contributed by atoms with Gasteiger partial charge in [-0.05, 0) is 24.8 Å². The average molecular weight is 287 g/mol. The summed E-state index contributed by atoms with van der Waals surface area (Å²) >= 11 is 0. The number of rotatable bonds is 6. The number of amides is 1. The van der Waals surface area contributed by atoms with Crippen LogP contribution in [0, 0.1) is 0 Å². The van der Waals surface area contributed by atoms with Crippen molar-refractivity contribution >= 4 is 18.0 Å². The summed E-state index contributed by atoms with van der Waals surface area (Å²) in [6.07, 6.45) is 7.63. The highest BCUT2D eigenvalue weighted by Crippen LogP contribution is 2.30. The molecule has 112 valence electrons. The Labute approximate surface area is 124 Å². The molecule has 1 aliphatic carbocycles. The largest absolute Gasteiger partial charge is 0.480 e. The van der Waals surface area contributed by atoms with Crippen molar-refractivity contribution in [2.75, 3.05) is 0 Å². The van der Waals surface area contributed by atoms with Crippen LogP contribution in [0.5, 0.6) is 0 Å². The Bertz CT molecular complexity index is 516. The van der Waals surface area contributed by atoms with Crippen LogP contribution in [0.15, 0.2) is 36.4 Å². The minimum Gasteiger partial charge on any atom is -0.480 e. The molecule has 0 aliphatic heterocycles. The molecule has 1 amide bonds. The maximum atomic E-state index is 11.9. The molecule has 0 spiro atoms. The smallest absolute Gasteiger partial charge is 0.329 e. The fourth-order valence-electron chi connectivity index (χ4n) is 2.70. The van der Waals surface area contributed by atoms with Gasteiger partial charge in [-0.25, -0.2) is 4.79 Å². The molecule has 0 heterocycles. The maximum Gasteiger partial charge on any atom is 0.329 e. The standard InChI is InChI=1S/C17H21NO3/c19-15(18-17(16(20)21)12-6-7-13-17)11-5-4-10-14-8-2-1-3-9-14/h1-4,8-10H,5-7,11-13H2,(H,18,19)(H,20,21)/b10-4+. The summed E-state index contributed by atoms with van der Waals surface area (Å²) in [5.74, 6) is -1.09. The van der Waals surface area contributed by atoms with Crippen molar-refractivity contribution in [2.45, 2.75) is 44.1 Å². The van der Waals surface area contributed by atoms with Crippen molar-refractivity contribution < 1.29 is 14.7 Å². The molecule has 0 unspecified atom stereocenters. The highest BCUT2D eigenvalue weighted by atomic mass is 16.4. The number of carbonyl (C=O) groups is 2. The summed E-state index contributed by atoms with van der Waals surface area (Å²) < 4.78 is 0. The quantitative estimate of drug-likeness (QED) is 0.845. The lowest BCUT2D eigenvalue weighted by atomic mass is 9.97. The predicted octanol–water partition coefficient (Wildman–Crippen LogP) is 2.99. The molecule has 0 radical (unpaired) electrons. The molecule has 0 saturated heterocycles. The van der Waals surface area contributed by atoms with Crippen molar-refractivity contribution in [1.82, 2.24) is 5.32 Å². The maximum absolute atomic E-state index is 11.9. The molecule has 4 heteroatoms. The molecule has 0 bridgehead atoms. The number of carbonyl (C=O) groups excluding carboxylic acids is 1. The van der Waals surface area contributed by atoms with E-state index in [2.05, 4.69) is 5.32 Å². The summed E-state index contributed by atoms with van der Waals surface area (Å²) in [4.78, 5) is 23.3. The Morgan fingerprint density at radius 2 is 1.86 bits per heavy atom. The molecule has 1 saturated carbocycles. The second kappa shape index (κ2) is 7.07. The number of hydrogen-bond acceptors (Lipinski definition) is 2. The second-order valence-corrected chi connectivity index (χ2v) is 5.49. The van der Waals surface area contributed by atoms with Crippen molar-refractivity contribution in [3.63, 3.8) is 0 Å². The van der Waals surface area contributed by atoms with E-state index in [0.717, 1.165) is 18.4 Å². The van der Waals surface area contributed by atoms with Crippen LogP contribution in [0.2, 0.25) is 0 Å². The molecule has 2 rings (SSSR count). The summed E-state index contributed by atoms with van der Waals surface area (Å²) in [5, 5.41) is 12.0. The highest BCUT2D eigenvalue weighted by molar-refractivity contribution is 5.87. The van der Waals surface area contributed by atoms with Crippen LogP contribution in [-0.2, 0) is 9.59 Å². The minimum atomic E-state index is -1.03. The van der Waals surface area contributed by atoms with Crippen LogP contribution in [-0.4, -0.2) is 22.5 Å². The summed E-state index contributed by atoms with van der Waals surface area (Å²) in [6.45, 7) is 0. The Hall–Kier alpha value is -2.10. The molecular formula is C17H21NO3. The Balaban J connectivity index is 1.80. The number of hydrogen-bond donors (Lipinski definition) is 2. The van der Waals surface area contributed by atoms with Crippen LogP contribution in [0.3, 0.4) is 0 Å². The number of benzene rings is 1. The van der Waals surface area contributed by atoms with E-state index in [1.807, 2.05) is 42.5 Å². The summed E-state index contributed by atoms with van der Waals surface area (Å²) in [7, 11) is 0. The van der Waals surface area contributed by atoms with E-state index in [4.69, 9.17) is 0 Å². The Kier molecular flexibility index (Phi) is 5.14. The van der Waals surface area contributed by atoms with Gasteiger partial charge in [-0.15, -0.1) is 0 Å². The number of nitrogens with one attached hydrogen (secondary N) is 1. The first-order chi connectivity index (χ1) is 10.1. The van der Waals surface area contributed by atoms with Gasteiger partial charge < -0.3 is 10.4 Å². The second-order valence-electron chi connectivity index (χ2n) is 5.49. The van der Waals surface area contributed by atoms with Crippen LogP contribution < -0.4 is 5.32 Å². The van der Waals surface area contributed by atoms with E-state index in [-0.39, 0.29) is 5.91 Å². The van der Waals surface area contributed by atoms with E-state index in [0.29, 0.717) is 25.7 Å². The van der Waals surface area contributed by atoms with Crippen LogP contribution in [0.4, 0.5) is 0 Å². The zero-order valence-electron chi connectivity index (χ0n) is 12.0. The third kappa shape index (κ3) is 4.18. The molecule has 1 aromatic rings. The first kappa shape index (κ1) is 15.3. The van der Waals surface area contributed by atoms with Gasteiger partial charge in [0.25, 0.3) is 0 Å². The van der Waals surface area contributed by atoms with Gasteiger partial charge in [0.15, 0.2) is 0 Å². The molecule has 1 fully saturated rings. The average Bonchev–Trinajstić information content (AvgIpc) is 2.94. The van der Waals surface area contributed by atoms with Gasteiger partial charge in [0.2, 0.25) is 5.91 Å². The molecule has 2 N–H and O–H groups in total. The van der Waals surface area contributed by atoms with Gasteiger partial charge in [0.05, 0.1) is 0 Å². The van der Waals surface area contributed by atoms with Gasteiger partial charge in [-0.1, -0.05) is 55.3 Å². The highest BCUT2D eigenvalue weighted by Gasteiger charge is 2.42. The third-order valence-corrected chi connectivity index (χ3v) is 3.89. The first-order valence-electron chi connectivity index (χ1n) is 7.38. The number of allylic oxidation sites excluding steroid dienone is 1. The zero-order valence-corrected chi connectivity index (χ0v) is 12.0. The van der Waals surface area contributed by atoms with E-state index >= 15 is 0 Å². The monoisotopic (exact) mass is 287 g/mol. The Morgan fingerprint density at radius 3 is 2.48 bits per heavy atom. The van der Waals surface area contributed by atoms with E-state index in [1.165, 1.54) is 0 Å². The number of aliphatic carboxylic acids is 1. The van der Waals surface area contributed by atoms with E-state index < -0.39 is 11.5 Å². The number of carboxylic acids is 1. The summed E-state index contributed by atoms with van der Waals surface area (Å²) in [5.41, 5.74) is 0.0657. The molecule has 1 aliphatic rings. The summed E-state index contributed by atoms with van der Waals surface area (Å²) in [6, 6.07) is 9.87. The van der Waals surface area contributed by atoms with Crippen LogP contribution >= 0.6 is 0 Å². The fourth-order valence-corrected chi connectivity index (χ4v) is 2.70. The normalized spacial score (nSPS) is 17.0. The lowest BCUT2D eigenvalue weighted by molar-refractivity contribution is -0.147. The van der Waals surface area contributed by atoms with E-state index in [1.54, 1.807) is 0 Å². The molecule has 0 aromatic heterocycles. The Morgan fingerprint density at radius 1 is 1.19 bits per heavy atom. The third-order valence-electron chi connectivity index (χ3n) is 3.89. The minimum absolute atomic E-state index is 0.183. The van der Waals surface area contributed by atoms with E-state index in [9.17, 15) is 14.7 Å². The lowest BCUT2D eigenvalue weighted by Gasteiger charge is -2.25. The number of carboxylic acid groups (broad SMARTS) is 1. The van der Waals surface area contributed by atoms with Gasteiger partial charge in [0, 0.05) is 6.42 Å². The van der Waals surface area contributed by atoms with Gasteiger partial charge >= 0.3 is 5.97 Å². The van der Waals surface area contributed by atoms with Crippen LogP contribution in [0.25, 0.3) is 6.08 Å². The predicted molar refractivity (Wildman–Crippen MR) is 81.7 cm³/mol. The molecule has 1 aromatic carbocycles. The van der Waals surface area contributed by atoms with Gasteiger partial charge in [-0.2, -0.15) is 0 Å². The van der Waals surface area contributed by atoms with Crippen LogP contribution in [0.1, 0.15) is 44.1 Å². The molecule has 0 atom stereocenters. The topological polar surface area (TPSA) is 66.4 Å². The van der Waals surface area contributed by atoms with Crippen molar-refractivity contribution in [2.24, 2.45) is 0 Å². The van der Waals surface area contributed by atoms with Gasteiger partial charge in [-0.3, -0.25) is 4.79 Å². The van der Waals surface area contributed by atoms with Crippen molar-refractivity contribution in [3.05, 3.63) is 42.0 Å². The molecular weight excluding hydrogens is 266 g/mol. The first-order valence-corrected chi connectivity index (χ1v) is 7.38. The zero-order chi connectivity index (χ0) is 15.1. The molecule has 4 nitrogen and oxygen atoms in total. The van der Waals surface area contributed by atoms with Crippen molar-refractivity contribution in [1.29, 1.82) is 0 Å². The molecule has 21 heavy (non-hydrogen) atoms. The fraction of sp³-hybridized carbons (Fsp3) is 0.412. The van der Waals surface area contributed by atoms with Gasteiger partial charge in [0.1, 0.15) is 5.54 Å². The SMILES string of the molecule is O=C(CC/C=C/c1ccccc1)NC1(C(=O)O)CCCC1.